The summed E-state index contributed by atoms with van der Waals surface area (Å²) in [7, 11) is 5.99. The average molecular weight is 311 g/mol. The van der Waals surface area contributed by atoms with Crippen molar-refractivity contribution in [2.45, 2.75) is 18.9 Å². The second kappa shape index (κ2) is 7.89. The molecule has 0 aromatic heterocycles. The smallest absolute Gasteiger partial charge is 0.170 e. The van der Waals surface area contributed by atoms with E-state index in [1.807, 2.05) is 23.5 Å². The maximum atomic E-state index is 11.8. The molecule has 1 aromatic carbocycles. The molecule has 1 heterocycles. The van der Waals surface area contributed by atoms with E-state index < -0.39 is 11.2 Å². The van der Waals surface area contributed by atoms with Gasteiger partial charge in [0.15, 0.2) is 11.2 Å². The molecule has 0 spiro atoms. The number of rotatable bonds is 6. The van der Waals surface area contributed by atoms with Crippen LogP contribution in [0.25, 0.3) is 0 Å². The van der Waals surface area contributed by atoms with Crippen molar-refractivity contribution in [3.05, 3.63) is 29.8 Å². The Kier molecular flexibility index (Phi) is 6.17. The zero-order valence-electron chi connectivity index (χ0n) is 13.0. The van der Waals surface area contributed by atoms with E-state index in [0.29, 0.717) is 0 Å². The summed E-state index contributed by atoms with van der Waals surface area (Å²) >= 11 is -1.08. The second-order valence-corrected chi connectivity index (χ2v) is 6.99. The molecule has 1 N–H and O–H groups in total. The molecule has 0 saturated carbocycles. The molecule has 0 radical (unpaired) electrons. The van der Waals surface area contributed by atoms with Gasteiger partial charge in [-0.1, -0.05) is 12.1 Å². The van der Waals surface area contributed by atoms with Gasteiger partial charge in [-0.3, -0.25) is 0 Å². The van der Waals surface area contributed by atoms with E-state index in [4.69, 9.17) is 4.74 Å². The molecule has 1 unspecified atom stereocenters. The predicted octanol–water partition coefficient (Wildman–Crippen LogP) is 1.56. The fraction of sp³-hybridized carbons (Fsp3) is 0.600. The van der Waals surface area contributed by atoms with Crippen LogP contribution in [-0.2, 0) is 11.2 Å². The minimum Gasteiger partial charge on any atom is -0.494 e. The van der Waals surface area contributed by atoms with Crippen LogP contribution >= 0.6 is 0 Å². The Morgan fingerprint density at radius 1 is 1.38 bits per heavy atom. The first kappa shape index (κ1) is 16.4. The first-order chi connectivity index (χ1) is 10.1. The third kappa shape index (κ3) is 5.07. The molecule has 0 bridgehead atoms. The van der Waals surface area contributed by atoms with Gasteiger partial charge in [0, 0.05) is 26.2 Å². The van der Waals surface area contributed by atoms with Gasteiger partial charge in [0.1, 0.15) is 5.75 Å². The topological polar surface area (TPSA) is 44.8 Å². The average Bonchev–Trinajstić information content (AvgIpc) is 2.47. The van der Waals surface area contributed by atoms with Gasteiger partial charge in [0.05, 0.1) is 6.61 Å². The lowest BCUT2D eigenvalue weighted by Crippen LogP contribution is -2.41. The Labute approximate surface area is 130 Å². The number of hydrogen-bond donors (Lipinski definition) is 1. The van der Waals surface area contributed by atoms with Gasteiger partial charge < -0.3 is 9.64 Å². The third-order valence-electron chi connectivity index (χ3n) is 3.56. The molecular weight excluding hydrogens is 286 g/mol. The van der Waals surface area contributed by atoms with Crippen LogP contribution < -0.4 is 9.46 Å². The SMILES string of the molecule is CN(C)CCCOc1ccc([C@@H]2CCN(C)S(=O)N2)cc1. The lowest BCUT2D eigenvalue weighted by atomic mass is 10.0. The molecule has 1 aliphatic heterocycles. The molecule has 1 fully saturated rings. The first-order valence-corrected chi connectivity index (χ1v) is 8.43. The molecule has 118 valence electrons. The maximum absolute atomic E-state index is 11.8. The summed E-state index contributed by atoms with van der Waals surface area (Å²) in [6.07, 6.45) is 1.98. The molecule has 2 atom stereocenters. The monoisotopic (exact) mass is 311 g/mol. The molecule has 0 aliphatic carbocycles. The molecule has 6 heteroatoms. The normalized spacial score (nSPS) is 23.4. The number of nitrogens with zero attached hydrogens (tertiary/aromatic N) is 2. The minimum atomic E-state index is -1.08. The van der Waals surface area contributed by atoms with Crippen LogP contribution in [0.2, 0.25) is 0 Å². The zero-order chi connectivity index (χ0) is 15.2. The van der Waals surface area contributed by atoms with Crippen LogP contribution in [0.1, 0.15) is 24.4 Å². The molecule has 1 aromatic rings. The number of ether oxygens (including phenoxy) is 1. The first-order valence-electron chi connectivity index (χ1n) is 7.33. The van der Waals surface area contributed by atoms with Crippen molar-refractivity contribution in [1.82, 2.24) is 13.9 Å². The Morgan fingerprint density at radius 3 is 2.71 bits per heavy atom. The van der Waals surface area contributed by atoms with Gasteiger partial charge in [-0.05, 0) is 44.6 Å². The Balaban J connectivity index is 1.83. The highest BCUT2D eigenvalue weighted by molar-refractivity contribution is 7.80. The quantitative estimate of drug-likeness (QED) is 0.811. The number of benzene rings is 1. The van der Waals surface area contributed by atoms with Crippen molar-refractivity contribution in [3.63, 3.8) is 0 Å². The summed E-state index contributed by atoms with van der Waals surface area (Å²) in [6.45, 7) is 2.60. The third-order valence-corrected chi connectivity index (χ3v) is 4.79. The van der Waals surface area contributed by atoms with E-state index in [1.54, 1.807) is 0 Å². The molecule has 2 rings (SSSR count). The molecular formula is C15H25N3O2S. The van der Waals surface area contributed by atoms with E-state index in [0.717, 1.165) is 43.9 Å². The van der Waals surface area contributed by atoms with E-state index >= 15 is 0 Å². The van der Waals surface area contributed by atoms with E-state index in [9.17, 15) is 4.21 Å². The lowest BCUT2D eigenvalue weighted by Gasteiger charge is -2.29. The number of hydrogen-bond acceptors (Lipinski definition) is 3. The molecule has 1 aliphatic rings. The van der Waals surface area contributed by atoms with Gasteiger partial charge in [-0.15, -0.1) is 0 Å². The summed E-state index contributed by atoms with van der Waals surface area (Å²) in [4.78, 5) is 2.15. The van der Waals surface area contributed by atoms with Gasteiger partial charge in [0.2, 0.25) is 0 Å². The van der Waals surface area contributed by atoms with Crippen LogP contribution in [0.5, 0.6) is 5.75 Å². The van der Waals surface area contributed by atoms with Crippen molar-refractivity contribution in [2.75, 3.05) is 40.8 Å². The minimum absolute atomic E-state index is 0.157. The van der Waals surface area contributed by atoms with Crippen molar-refractivity contribution in [3.8, 4) is 5.75 Å². The fourth-order valence-corrected chi connectivity index (χ4v) is 3.21. The van der Waals surface area contributed by atoms with Crippen LogP contribution in [-0.4, -0.2) is 54.3 Å². The van der Waals surface area contributed by atoms with Gasteiger partial charge in [-0.25, -0.2) is 13.2 Å². The van der Waals surface area contributed by atoms with E-state index in [1.165, 1.54) is 0 Å². The molecule has 21 heavy (non-hydrogen) atoms. The molecule has 5 nitrogen and oxygen atoms in total. The molecule has 1 saturated heterocycles. The largest absolute Gasteiger partial charge is 0.494 e. The summed E-state index contributed by atoms with van der Waals surface area (Å²) in [5.41, 5.74) is 1.16. The summed E-state index contributed by atoms with van der Waals surface area (Å²) < 4.78 is 22.4. The fourth-order valence-electron chi connectivity index (χ4n) is 2.27. The van der Waals surface area contributed by atoms with Crippen LogP contribution in [0.4, 0.5) is 0 Å². The Morgan fingerprint density at radius 2 is 2.10 bits per heavy atom. The van der Waals surface area contributed by atoms with Crippen molar-refractivity contribution in [1.29, 1.82) is 0 Å². The Hall–Kier alpha value is -0.950. The van der Waals surface area contributed by atoms with Gasteiger partial charge in [-0.2, -0.15) is 0 Å². The maximum Gasteiger partial charge on any atom is 0.170 e. The highest BCUT2D eigenvalue weighted by atomic mass is 32.2. The van der Waals surface area contributed by atoms with Gasteiger partial charge >= 0.3 is 0 Å². The Bertz CT molecular complexity index is 464. The van der Waals surface area contributed by atoms with E-state index in [2.05, 4.69) is 35.9 Å². The lowest BCUT2D eigenvalue weighted by molar-refractivity contribution is 0.281. The molecule has 0 amide bonds. The highest BCUT2D eigenvalue weighted by Gasteiger charge is 2.22. The summed E-state index contributed by atoms with van der Waals surface area (Å²) in [5, 5.41) is 0. The summed E-state index contributed by atoms with van der Waals surface area (Å²) in [5.74, 6) is 0.895. The van der Waals surface area contributed by atoms with Gasteiger partial charge in [0.25, 0.3) is 0 Å². The second-order valence-electron chi connectivity index (χ2n) is 5.63. The number of nitrogens with one attached hydrogen (secondary N) is 1. The zero-order valence-corrected chi connectivity index (χ0v) is 13.9. The standard InChI is InChI=1S/C15H25N3O2S/c1-17(2)10-4-12-20-14-7-5-13(6-8-14)15-9-11-18(3)21(19)16-15/h5-8,15-16H,4,9-12H2,1-3H3/t15-,21?/m0/s1. The predicted molar refractivity (Wildman–Crippen MR) is 86.4 cm³/mol. The van der Waals surface area contributed by atoms with E-state index in [-0.39, 0.29) is 6.04 Å². The van der Waals surface area contributed by atoms with Crippen molar-refractivity contribution in [2.24, 2.45) is 0 Å². The van der Waals surface area contributed by atoms with Crippen molar-refractivity contribution >= 4 is 11.2 Å². The summed E-state index contributed by atoms with van der Waals surface area (Å²) in [6, 6.07) is 8.26. The highest BCUT2D eigenvalue weighted by Crippen LogP contribution is 2.23. The van der Waals surface area contributed by atoms with Crippen LogP contribution in [0.3, 0.4) is 0 Å². The van der Waals surface area contributed by atoms with Crippen molar-refractivity contribution < 1.29 is 8.95 Å². The van der Waals surface area contributed by atoms with Crippen LogP contribution in [0, 0.1) is 0 Å². The van der Waals surface area contributed by atoms with Crippen LogP contribution in [0.15, 0.2) is 24.3 Å².